The quantitative estimate of drug-likeness (QED) is 0.0204. The molecule has 0 heterocycles. The van der Waals surface area contributed by atoms with Gasteiger partial charge in [0.2, 0.25) is 0 Å². The second-order valence-corrected chi connectivity index (χ2v) is 16.1. The van der Waals surface area contributed by atoms with Crippen molar-refractivity contribution < 1.29 is 42.1 Å². The lowest BCUT2D eigenvalue weighted by Gasteiger charge is -2.28. The molecule has 0 aromatic heterocycles. The Hall–Kier alpha value is -2.03. The molecule has 0 rings (SSSR count). The zero-order chi connectivity index (χ0) is 38.6. The first-order chi connectivity index (χ1) is 25.0. The third-order valence-corrected chi connectivity index (χ3v) is 9.29. The van der Waals surface area contributed by atoms with Gasteiger partial charge < -0.3 is 27.9 Å². The fourth-order valence-corrected chi connectivity index (χ4v) is 5.79. The summed E-state index contributed by atoms with van der Waals surface area (Å²) in [6.45, 7) is 4.10. The molecule has 2 atom stereocenters. The van der Waals surface area contributed by atoms with Crippen LogP contribution in [0.1, 0.15) is 155 Å². The number of likely N-dealkylation sites (N-methyl/N-ethyl adjacent to an activating group) is 1. The summed E-state index contributed by atoms with van der Waals surface area (Å²) in [7, 11) is 1.13. The summed E-state index contributed by atoms with van der Waals surface area (Å²) < 4.78 is 33.7. The molecule has 0 fully saturated rings. The fourth-order valence-electron chi connectivity index (χ4n) is 5.07. The lowest BCUT2D eigenvalue weighted by Crippen LogP contribution is -2.37. The van der Waals surface area contributed by atoms with E-state index in [1.165, 1.54) is 57.8 Å². The number of hydrogen-bond donors (Lipinski definition) is 0. The van der Waals surface area contributed by atoms with Crippen LogP contribution in [0.5, 0.6) is 0 Å². The van der Waals surface area contributed by atoms with Gasteiger partial charge in [0.05, 0.1) is 27.7 Å². The van der Waals surface area contributed by atoms with Crippen LogP contribution in [0.3, 0.4) is 0 Å². The van der Waals surface area contributed by atoms with Crippen molar-refractivity contribution in [2.45, 2.75) is 161 Å². The zero-order valence-corrected chi connectivity index (χ0v) is 34.6. The normalized spacial score (nSPS) is 14.2. The standard InChI is InChI=1S/C42H76NO8P/c1-6-8-10-12-14-16-18-20-21-23-24-26-28-30-32-34-41(44)48-38-40(39-50-52(46,47)49-37-36-43(3,4)5)51-42(45)35-33-31-29-27-25-22-19-17-15-13-11-9-7-2/h14,16,20-22,24-26,40H,6-13,15,17-19,23,27-39H2,1-5H3/b16-14+,21-20+,25-22+,26-24+/t40-/m1/s1. The second kappa shape index (κ2) is 34.7. The smallest absolute Gasteiger partial charge is 0.306 e. The molecule has 302 valence electrons. The lowest BCUT2D eigenvalue weighted by atomic mass is 10.1. The molecule has 0 saturated heterocycles. The van der Waals surface area contributed by atoms with Gasteiger partial charge in [0.1, 0.15) is 19.8 Å². The van der Waals surface area contributed by atoms with Crippen LogP contribution < -0.4 is 4.89 Å². The number of phosphoric acid groups is 1. The number of carbonyl (C=O) groups excluding carboxylic acids is 2. The number of nitrogens with zero attached hydrogens (tertiary/aromatic N) is 1. The Bertz CT molecular complexity index is 1030. The van der Waals surface area contributed by atoms with Crippen LogP contribution in [0.15, 0.2) is 48.6 Å². The molecule has 0 spiro atoms. The maximum Gasteiger partial charge on any atom is 0.306 e. The maximum absolute atomic E-state index is 12.6. The number of carbonyl (C=O) groups is 2. The van der Waals surface area contributed by atoms with Crippen molar-refractivity contribution in [2.24, 2.45) is 0 Å². The van der Waals surface area contributed by atoms with Crippen molar-refractivity contribution in [3.63, 3.8) is 0 Å². The minimum absolute atomic E-state index is 0.0410. The van der Waals surface area contributed by atoms with E-state index in [0.29, 0.717) is 23.9 Å². The number of esters is 2. The van der Waals surface area contributed by atoms with E-state index in [1.54, 1.807) is 0 Å². The molecular formula is C42H76NO8P. The highest BCUT2D eigenvalue weighted by atomic mass is 31.2. The molecule has 0 bridgehead atoms. The average molecular weight is 754 g/mol. The van der Waals surface area contributed by atoms with Crippen molar-refractivity contribution in [2.75, 3.05) is 47.5 Å². The summed E-state index contributed by atoms with van der Waals surface area (Å²) in [4.78, 5) is 37.4. The van der Waals surface area contributed by atoms with Crippen molar-refractivity contribution >= 4 is 19.8 Å². The van der Waals surface area contributed by atoms with Gasteiger partial charge in [-0.15, -0.1) is 0 Å². The molecule has 0 aliphatic carbocycles. The highest BCUT2D eigenvalue weighted by Crippen LogP contribution is 2.38. The number of unbranched alkanes of at least 4 members (excludes halogenated alkanes) is 14. The van der Waals surface area contributed by atoms with Crippen LogP contribution in [-0.4, -0.2) is 70.0 Å². The Balaban J connectivity index is 4.51. The number of hydrogen-bond acceptors (Lipinski definition) is 8. The number of phosphoric ester groups is 1. The first kappa shape index (κ1) is 50.0. The Kier molecular flexibility index (Phi) is 33.4. The third kappa shape index (κ3) is 37.7. The summed E-state index contributed by atoms with van der Waals surface area (Å²) in [5.74, 6) is -0.903. The monoisotopic (exact) mass is 754 g/mol. The van der Waals surface area contributed by atoms with Gasteiger partial charge in [-0.25, -0.2) is 0 Å². The first-order valence-electron chi connectivity index (χ1n) is 20.3. The average Bonchev–Trinajstić information content (AvgIpc) is 3.09. The minimum atomic E-state index is -4.63. The molecule has 9 nitrogen and oxygen atoms in total. The van der Waals surface area contributed by atoms with Gasteiger partial charge in [0.25, 0.3) is 7.82 Å². The molecule has 0 aromatic rings. The van der Waals surface area contributed by atoms with Gasteiger partial charge in [0, 0.05) is 12.8 Å². The van der Waals surface area contributed by atoms with Crippen molar-refractivity contribution in [1.29, 1.82) is 0 Å². The SMILES string of the molecule is CCCCC/C=C/C/C=C/C/C=C/CCCCC(=O)OC[C@H](COP(=O)([O-])OCC[N+](C)(C)C)OC(=O)CCCCC/C=C/CCCCCCCC. The van der Waals surface area contributed by atoms with Gasteiger partial charge in [-0.3, -0.25) is 14.2 Å². The van der Waals surface area contributed by atoms with Crippen LogP contribution in [0.4, 0.5) is 0 Å². The topological polar surface area (TPSA) is 111 Å². The van der Waals surface area contributed by atoms with E-state index in [1.807, 2.05) is 21.1 Å². The molecule has 1 unspecified atom stereocenters. The lowest BCUT2D eigenvalue weighted by molar-refractivity contribution is -0.870. The van der Waals surface area contributed by atoms with Gasteiger partial charge in [-0.05, 0) is 77.0 Å². The highest BCUT2D eigenvalue weighted by molar-refractivity contribution is 7.45. The van der Waals surface area contributed by atoms with E-state index in [-0.39, 0.29) is 26.1 Å². The van der Waals surface area contributed by atoms with Crippen molar-refractivity contribution in [3.05, 3.63) is 48.6 Å². The van der Waals surface area contributed by atoms with Gasteiger partial charge in [-0.2, -0.15) is 0 Å². The summed E-state index contributed by atoms with van der Waals surface area (Å²) >= 11 is 0. The Labute approximate surface area is 318 Å². The first-order valence-corrected chi connectivity index (χ1v) is 21.8. The molecule has 0 amide bonds. The number of rotatable bonds is 36. The third-order valence-electron chi connectivity index (χ3n) is 8.32. The molecule has 0 N–H and O–H groups in total. The summed E-state index contributed by atoms with van der Waals surface area (Å²) in [5.41, 5.74) is 0. The Morgan fingerprint density at radius 2 is 1.04 bits per heavy atom. The van der Waals surface area contributed by atoms with Crippen LogP contribution in [0.25, 0.3) is 0 Å². The Morgan fingerprint density at radius 1 is 0.596 bits per heavy atom. The van der Waals surface area contributed by atoms with E-state index in [0.717, 1.165) is 57.8 Å². The summed E-state index contributed by atoms with van der Waals surface area (Å²) in [5, 5.41) is 0. The summed E-state index contributed by atoms with van der Waals surface area (Å²) in [6.07, 6.45) is 38.5. The highest BCUT2D eigenvalue weighted by Gasteiger charge is 2.21. The van der Waals surface area contributed by atoms with E-state index >= 15 is 0 Å². The van der Waals surface area contributed by atoms with E-state index in [4.69, 9.17) is 18.5 Å². The predicted molar refractivity (Wildman–Crippen MR) is 213 cm³/mol. The number of allylic oxidation sites excluding steroid dienone is 8. The molecular weight excluding hydrogens is 677 g/mol. The Morgan fingerprint density at radius 3 is 1.63 bits per heavy atom. The van der Waals surface area contributed by atoms with Crippen LogP contribution in [0.2, 0.25) is 0 Å². The molecule has 10 heteroatoms. The number of ether oxygens (including phenoxy) is 2. The predicted octanol–water partition coefficient (Wildman–Crippen LogP) is 10.5. The van der Waals surface area contributed by atoms with Crippen LogP contribution in [-0.2, 0) is 32.7 Å². The molecule has 52 heavy (non-hydrogen) atoms. The van der Waals surface area contributed by atoms with Gasteiger partial charge >= 0.3 is 11.9 Å². The second-order valence-electron chi connectivity index (χ2n) is 14.6. The maximum atomic E-state index is 12.6. The molecule has 0 aromatic carbocycles. The molecule has 0 radical (unpaired) electrons. The van der Waals surface area contributed by atoms with E-state index in [2.05, 4.69) is 62.5 Å². The fraction of sp³-hybridized carbons (Fsp3) is 0.762. The zero-order valence-electron chi connectivity index (χ0n) is 33.7. The molecule has 0 aliphatic heterocycles. The molecule has 0 saturated carbocycles. The van der Waals surface area contributed by atoms with Gasteiger partial charge in [0.15, 0.2) is 6.10 Å². The van der Waals surface area contributed by atoms with E-state index < -0.39 is 32.5 Å². The van der Waals surface area contributed by atoms with Crippen molar-refractivity contribution in [3.8, 4) is 0 Å². The number of quaternary nitrogens is 1. The van der Waals surface area contributed by atoms with Crippen LogP contribution >= 0.6 is 7.82 Å². The summed E-state index contributed by atoms with van der Waals surface area (Å²) in [6, 6.07) is 0. The molecule has 0 aliphatic rings. The van der Waals surface area contributed by atoms with Gasteiger partial charge in [-0.1, -0.05) is 114 Å². The van der Waals surface area contributed by atoms with Crippen molar-refractivity contribution in [1.82, 2.24) is 0 Å². The van der Waals surface area contributed by atoms with E-state index in [9.17, 15) is 19.0 Å². The largest absolute Gasteiger partial charge is 0.756 e. The van der Waals surface area contributed by atoms with Crippen LogP contribution in [0, 0.1) is 0 Å². The minimum Gasteiger partial charge on any atom is -0.756 e.